The van der Waals surface area contributed by atoms with E-state index in [0.29, 0.717) is 16.3 Å². The summed E-state index contributed by atoms with van der Waals surface area (Å²) in [5, 5.41) is 0.632. The Labute approximate surface area is 111 Å². The van der Waals surface area contributed by atoms with E-state index in [4.69, 9.17) is 16.3 Å². The molecule has 92 valence electrons. The van der Waals surface area contributed by atoms with Crippen LogP contribution in [0, 0.1) is 6.92 Å². The van der Waals surface area contributed by atoms with Gasteiger partial charge in [0.15, 0.2) is 12.4 Å². The van der Waals surface area contributed by atoms with E-state index in [9.17, 15) is 4.79 Å². The van der Waals surface area contributed by atoms with E-state index >= 15 is 0 Å². The summed E-state index contributed by atoms with van der Waals surface area (Å²) < 4.78 is 5.42. The second kappa shape index (κ2) is 5.69. The molecular weight excluding hydrogens is 248 g/mol. The van der Waals surface area contributed by atoms with Crippen LogP contribution in [0.5, 0.6) is 5.75 Å². The van der Waals surface area contributed by atoms with Crippen LogP contribution in [0.4, 0.5) is 0 Å². The van der Waals surface area contributed by atoms with Crippen LogP contribution in [-0.4, -0.2) is 12.4 Å². The second-order valence-corrected chi connectivity index (χ2v) is 4.42. The minimum absolute atomic E-state index is 0.0342. The van der Waals surface area contributed by atoms with Crippen molar-refractivity contribution in [2.75, 3.05) is 6.61 Å². The number of Topliss-reactive ketones (excluding diaryl/α,β-unsaturated/α-hetero) is 1. The molecule has 0 saturated carbocycles. The summed E-state index contributed by atoms with van der Waals surface area (Å²) in [4.78, 5) is 12.0. The highest BCUT2D eigenvalue weighted by atomic mass is 35.5. The molecule has 0 amide bonds. The summed E-state index contributed by atoms with van der Waals surface area (Å²) in [5.41, 5.74) is 1.51. The molecule has 0 atom stereocenters. The van der Waals surface area contributed by atoms with Gasteiger partial charge in [-0.3, -0.25) is 4.79 Å². The molecular formula is C15H13ClO2. The number of carbonyl (C=O) groups excluding carboxylic acids is 1. The van der Waals surface area contributed by atoms with Gasteiger partial charge in [-0.05, 0) is 42.8 Å². The van der Waals surface area contributed by atoms with Gasteiger partial charge in [-0.15, -0.1) is 0 Å². The number of rotatable bonds is 4. The Morgan fingerprint density at radius 3 is 2.56 bits per heavy atom. The first-order valence-corrected chi connectivity index (χ1v) is 6.02. The van der Waals surface area contributed by atoms with Crippen molar-refractivity contribution in [3.63, 3.8) is 0 Å². The van der Waals surface area contributed by atoms with Crippen molar-refractivity contribution in [2.24, 2.45) is 0 Å². The molecule has 0 spiro atoms. The van der Waals surface area contributed by atoms with E-state index in [1.165, 1.54) is 0 Å². The van der Waals surface area contributed by atoms with Gasteiger partial charge in [-0.2, -0.15) is 0 Å². The lowest BCUT2D eigenvalue weighted by Gasteiger charge is -2.07. The van der Waals surface area contributed by atoms with Gasteiger partial charge in [0.05, 0.1) is 0 Å². The largest absolute Gasteiger partial charge is 0.485 e. The second-order valence-electron chi connectivity index (χ2n) is 3.98. The Kier molecular flexibility index (Phi) is 4.00. The molecule has 0 aliphatic rings. The van der Waals surface area contributed by atoms with Crippen LogP contribution in [0.3, 0.4) is 0 Å². The van der Waals surface area contributed by atoms with Crippen LogP contribution in [0.15, 0.2) is 48.5 Å². The fourth-order valence-electron chi connectivity index (χ4n) is 1.68. The van der Waals surface area contributed by atoms with Gasteiger partial charge in [0.1, 0.15) is 5.75 Å². The predicted octanol–water partition coefficient (Wildman–Crippen LogP) is 3.91. The van der Waals surface area contributed by atoms with E-state index in [2.05, 4.69) is 0 Å². The van der Waals surface area contributed by atoms with E-state index in [1.54, 1.807) is 18.2 Å². The Bertz CT molecular complexity index is 550. The van der Waals surface area contributed by atoms with Crippen LogP contribution in [0.2, 0.25) is 5.02 Å². The number of hydrogen-bond donors (Lipinski definition) is 0. The van der Waals surface area contributed by atoms with Crippen molar-refractivity contribution in [2.45, 2.75) is 6.92 Å². The Balaban J connectivity index is 2.04. The molecule has 0 heterocycles. The molecule has 2 nitrogen and oxygen atoms in total. The standard InChI is InChI=1S/C15H13ClO2/c1-11-9-12(16)7-8-14(11)15(17)10-18-13-5-3-2-4-6-13/h2-9H,10H2,1H3. The number of aryl methyl sites for hydroxylation is 1. The summed E-state index contributed by atoms with van der Waals surface area (Å²) in [6.07, 6.45) is 0. The van der Waals surface area contributed by atoms with E-state index in [1.807, 2.05) is 37.3 Å². The Morgan fingerprint density at radius 2 is 1.89 bits per heavy atom. The molecule has 0 unspecified atom stereocenters. The highest BCUT2D eigenvalue weighted by Gasteiger charge is 2.10. The molecule has 0 aromatic heterocycles. The first kappa shape index (κ1) is 12.7. The lowest BCUT2D eigenvalue weighted by atomic mass is 10.1. The van der Waals surface area contributed by atoms with Crippen LogP contribution in [-0.2, 0) is 0 Å². The maximum atomic E-state index is 12.0. The van der Waals surface area contributed by atoms with Crippen molar-refractivity contribution in [1.29, 1.82) is 0 Å². The highest BCUT2D eigenvalue weighted by molar-refractivity contribution is 6.30. The molecule has 0 N–H and O–H groups in total. The topological polar surface area (TPSA) is 26.3 Å². The molecule has 2 aromatic rings. The van der Waals surface area contributed by atoms with Gasteiger partial charge >= 0.3 is 0 Å². The molecule has 0 saturated heterocycles. The van der Waals surface area contributed by atoms with Crippen LogP contribution in [0.1, 0.15) is 15.9 Å². The predicted molar refractivity (Wildman–Crippen MR) is 72.5 cm³/mol. The molecule has 0 aliphatic heterocycles. The summed E-state index contributed by atoms with van der Waals surface area (Å²) in [6.45, 7) is 1.90. The SMILES string of the molecule is Cc1cc(Cl)ccc1C(=O)COc1ccccc1. The third kappa shape index (κ3) is 3.11. The van der Waals surface area contributed by atoms with Crippen molar-refractivity contribution in [3.8, 4) is 5.75 Å². The molecule has 3 heteroatoms. The van der Waals surface area contributed by atoms with Gasteiger partial charge in [0.25, 0.3) is 0 Å². The summed E-state index contributed by atoms with van der Waals surface area (Å²) >= 11 is 5.85. The zero-order chi connectivity index (χ0) is 13.0. The number of para-hydroxylation sites is 1. The fraction of sp³-hybridized carbons (Fsp3) is 0.133. The molecule has 2 aromatic carbocycles. The normalized spacial score (nSPS) is 10.1. The minimum Gasteiger partial charge on any atom is -0.485 e. The zero-order valence-corrected chi connectivity index (χ0v) is 10.8. The fourth-order valence-corrected chi connectivity index (χ4v) is 1.91. The van der Waals surface area contributed by atoms with Gasteiger partial charge in [-0.25, -0.2) is 0 Å². The molecule has 0 bridgehead atoms. The summed E-state index contributed by atoms with van der Waals surface area (Å²) in [7, 11) is 0. The molecule has 0 aliphatic carbocycles. The lowest BCUT2D eigenvalue weighted by molar-refractivity contribution is 0.0921. The molecule has 0 fully saturated rings. The first-order valence-electron chi connectivity index (χ1n) is 5.64. The maximum Gasteiger partial charge on any atom is 0.200 e. The zero-order valence-electron chi connectivity index (χ0n) is 10.0. The smallest absolute Gasteiger partial charge is 0.200 e. The molecule has 0 radical (unpaired) electrons. The quantitative estimate of drug-likeness (QED) is 0.779. The maximum absolute atomic E-state index is 12.0. The third-order valence-electron chi connectivity index (χ3n) is 2.60. The highest BCUT2D eigenvalue weighted by Crippen LogP contribution is 2.16. The lowest BCUT2D eigenvalue weighted by Crippen LogP contribution is -2.12. The number of ketones is 1. The van der Waals surface area contributed by atoms with Gasteiger partial charge in [-0.1, -0.05) is 29.8 Å². The Morgan fingerprint density at radius 1 is 1.17 bits per heavy atom. The molecule has 18 heavy (non-hydrogen) atoms. The first-order chi connectivity index (χ1) is 8.66. The van der Waals surface area contributed by atoms with Gasteiger partial charge < -0.3 is 4.74 Å². The minimum atomic E-state index is -0.0481. The van der Waals surface area contributed by atoms with Gasteiger partial charge in [0.2, 0.25) is 0 Å². The Hall–Kier alpha value is -1.80. The van der Waals surface area contributed by atoms with Gasteiger partial charge in [0, 0.05) is 10.6 Å². The number of hydrogen-bond acceptors (Lipinski definition) is 2. The van der Waals surface area contributed by atoms with Crippen molar-refractivity contribution in [3.05, 3.63) is 64.7 Å². The van der Waals surface area contributed by atoms with Crippen LogP contribution >= 0.6 is 11.6 Å². The molecule has 2 rings (SSSR count). The van der Waals surface area contributed by atoms with E-state index < -0.39 is 0 Å². The van der Waals surface area contributed by atoms with Crippen molar-refractivity contribution in [1.82, 2.24) is 0 Å². The number of halogens is 1. The van der Waals surface area contributed by atoms with E-state index in [0.717, 1.165) is 5.56 Å². The van der Waals surface area contributed by atoms with Crippen molar-refractivity contribution >= 4 is 17.4 Å². The monoisotopic (exact) mass is 260 g/mol. The average Bonchev–Trinajstić information content (AvgIpc) is 2.37. The number of carbonyl (C=O) groups is 1. The summed E-state index contributed by atoms with van der Waals surface area (Å²) in [6, 6.07) is 14.5. The van der Waals surface area contributed by atoms with E-state index in [-0.39, 0.29) is 12.4 Å². The number of ether oxygens (including phenoxy) is 1. The average molecular weight is 261 g/mol. The van der Waals surface area contributed by atoms with Crippen LogP contribution in [0.25, 0.3) is 0 Å². The number of benzene rings is 2. The van der Waals surface area contributed by atoms with Crippen LogP contribution < -0.4 is 4.74 Å². The van der Waals surface area contributed by atoms with Crippen molar-refractivity contribution < 1.29 is 9.53 Å². The summed E-state index contributed by atoms with van der Waals surface area (Å²) in [5.74, 6) is 0.644. The third-order valence-corrected chi connectivity index (χ3v) is 2.84.